The molecule has 0 bridgehead atoms. The Labute approximate surface area is 205 Å². The molecule has 2 aromatic carbocycles. The van der Waals surface area contributed by atoms with Crippen LogP contribution in [0, 0.1) is 11.6 Å². The van der Waals surface area contributed by atoms with Gasteiger partial charge in [0, 0.05) is 18.5 Å². The molecule has 0 amide bonds. The molecule has 3 atom stereocenters. The lowest BCUT2D eigenvalue weighted by atomic mass is 10.2. The number of rotatable bonds is 7. The number of halogens is 2. The summed E-state index contributed by atoms with van der Waals surface area (Å²) >= 11 is 0. The fraction of sp³-hybridized carbons (Fsp3) is 0.167. The number of nitrogens with one attached hydrogen (secondary N) is 2. The summed E-state index contributed by atoms with van der Waals surface area (Å²) in [6, 6.07) is 9.69. The van der Waals surface area contributed by atoms with E-state index in [0.717, 1.165) is 12.1 Å². The first-order valence-electron chi connectivity index (χ1n) is 10.8. The second kappa shape index (κ2) is 9.64. The molecule has 1 fully saturated rings. The third-order valence-electron chi connectivity index (χ3n) is 5.46. The second-order valence-electron chi connectivity index (χ2n) is 8.07. The molecule has 5 rings (SSSR count). The molecular formula is C24H21F2N5O4S. The van der Waals surface area contributed by atoms with Crippen molar-refractivity contribution in [1.82, 2.24) is 15.0 Å². The normalized spacial score (nSPS) is 19.1. The average molecular weight is 514 g/mol. The first-order valence-corrected chi connectivity index (χ1v) is 12.5. The average Bonchev–Trinajstić information content (AvgIpc) is 3.25. The zero-order valence-electron chi connectivity index (χ0n) is 18.7. The van der Waals surface area contributed by atoms with E-state index in [1.807, 2.05) is 0 Å². The van der Waals surface area contributed by atoms with Crippen molar-refractivity contribution in [3.8, 4) is 5.75 Å². The molecule has 3 N–H and O–H groups in total. The van der Waals surface area contributed by atoms with Gasteiger partial charge in [0.15, 0.2) is 6.10 Å². The lowest BCUT2D eigenvalue weighted by molar-refractivity contribution is 0.0736. The molecule has 0 aliphatic carbocycles. The number of fused-ring (bicyclic) bond motifs is 1. The van der Waals surface area contributed by atoms with Gasteiger partial charge in [0.25, 0.3) is 0 Å². The van der Waals surface area contributed by atoms with E-state index in [-0.39, 0.29) is 41.4 Å². The highest BCUT2D eigenvalue weighted by molar-refractivity contribution is 8.01. The smallest absolute Gasteiger partial charge is 0.150 e. The summed E-state index contributed by atoms with van der Waals surface area (Å²) in [6.45, 7) is 0.258. The highest BCUT2D eigenvalue weighted by Crippen LogP contribution is 2.34. The van der Waals surface area contributed by atoms with Crippen molar-refractivity contribution in [2.45, 2.75) is 17.1 Å². The third-order valence-corrected chi connectivity index (χ3v) is 7.03. The van der Waals surface area contributed by atoms with Gasteiger partial charge < -0.3 is 24.6 Å². The zero-order chi connectivity index (χ0) is 25.3. The molecule has 2 aromatic heterocycles. The van der Waals surface area contributed by atoms with E-state index in [2.05, 4.69) is 30.9 Å². The van der Waals surface area contributed by atoms with Crippen LogP contribution in [0.3, 0.4) is 0 Å². The summed E-state index contributed by atoms with van der Waals surface area (Å²) in [5, 5.41) is 13.0. The van der Waals surface area contributed by atoms with E-state index < -0.39 is 33.6 Å². The molecular weight excluding hydrogens is 492 g/mol. The van der Waals surface area contributed by atoms with Crippen LogP contribution in [-0.2, 0) is 14.4 Å². The van der Waals surface area contributed by atoms with Crippen molar-refractivity contribution in [1.29, 1.82) is 0 Å². The predicted octanol–water partition coefficient (Wildman–Crippen LogP) is 3.29. The molecule has 0 saturated carbocycles. The minimum Gasteiger partial charge on any atom is -0.483 e. The van der Waals surface area contributed by atoms with E-state index >= 15 is 4.39 Å². The van der Waals surface area contributed by atoms with Crippen LogP contribution in [0.15, 0.2) is 66.1 Å². The zero-order valence-corrected chi connectivity index (χ0v) is 19.5. The topological polar surface area (TPSA) is 118 Å². The fourth-order valence-electron chi connectivity index (χ4n) is 3.71. The summed E-state index contributed by atoms with van der Waals surface area (Å²) in [4.78, 5) is 12.6. The van der Waals surface area contributed by atoms with Gasteiger partial charge in [0.2, 0.25) is 0 Å². The molecule has 9 nitrogen and oxygen atoms in total. The number of anilines is 3. The Morgan fingerprint density at radius 1 is 1.17 bits per heavy atom. The fourth-order valence-corrected chi connectivity index (χ4v) is 4.86. The molecule has 3 unspecified atom stereocenters. The molecule has 4 aromatic rings. The molecule has 0 radical (unpaired) electrons. The number of nitrogens with zero attached hydrogens (tertiary/aromatic N) is 3. The van der Waals surface area contributed by atoms with Crippen LogP contribution in [0.5, 0.6) is 5.75 Å². The van der Waals surface area contributed by atoms with Crippen LogP contribution in [0.1, 0.15) is 0 Å². The van der Waals surface area contributed by atoms with Gasteiger partial charge in [-0.3, -0.25) is 4.98 Å². The summed E-state index contributed by atoms with van der Waals surface area (Å²) in [6.07, 6.45) is 2.65. The van der Waals surface area contributed by atoms with Gasteiger partial charge in [-0.15, -0.1) is 0 Å². The lowest BCUT2D eigenvalue weighted by Crippen LogP contribution is -2.30. The second-order valence-corrected chi connectivity index (χ2v) is 10.1. The van der Waals surface area contributed by atoms with Crippen LogP contribution >= 0.6 is 0 Å². The van der Waals surface area contributed by atoms with Gasteiger partial charge >= 0.3 is 0 Å². The highest BCUT2D eigenvalue weighted by atomic mass is 32.2. The summed E-state index contributed by atoms with van der Waals surface area (Å²) in [5.74, 6) is 2.68. The number of benzene rings is 2. The first kappa shape index (κ1) is 23.9. The Kier molecular flexibility index (Phi) is 6.39. The van der Waals surface area contributed by atoms with Crippen LogP contribution in [0.25, 0.3) is 10.9 Å². The number of ether oxygens (including phenoxy) is 2. The molecule has 3 heterocycles. The van der Waals surface area contributed by atoms with Crippen molar-refractivity contribution in [2.75, 3.05) is 23.3 Å². The van der Waals surface area contributed by atoms with Crippen molar-refractivity contribution in [3.05, 3.63) is 72.8 Å². The largest absolute Gasteiger partial charge is 0.483 e. The highest BCUT2D eigenvalue weighted by Gasteiger charge is 2.29. The summed E-state index contributed by atoms with van der Waals surface area (Å²) in [5.41, 5.74) is 0.726. The predicted molar refractivity (Wildman–Crippen MR) is 132 cm³/mol. The Balaban J connectivity index is 1.47. The van der Waals surface area contributed by atoms with Gasteiger partial charge in [-0.25, -0.2) is 23.0 Å². The molecule has 12 heteroatoms. The number of pyridine rings is 1. The van der Waals surface area contributed by atoms with E-state index in [1.165, 1.54) is 30.7 Å². The Hall–Kier alpha value is -3.87. The van der Waals surface area contributed by atoms with Crippen LogP contribution in [0.2, 0.25) is 0 Å². The molecule has 0 spiro atoms. The van der Waals surface area contributed by atoms with E-state index in [0.29, 0.717) is 10.6 Å². The third kappa shape index (κ3) is 4.91. The SMILES string of the molecule is C=S(=O)(Nc1cc(F)c2c(Nc3ccc(F)cc3OC3COCC3O)ncnc2c1)c1cccnc1. The number of hydrogen-bond acceptors (Lipinski definition) is 8. The number of aromatic nitrogens is 3. The Morgan fingerprint density at radius 2 is 2.03 bits per heavy atom. The van der Waals surface area contributed by atoms with E-state index in [1.54, 1.807) is 18.3 Å². The maximum atomic E-state index is 15.3. The van der Waals surface area contributed by atoms with Gasteiger partial charge in [0.05, 0.1) is 50.1 Å². The lowest BCUT2D eigenvalue weighted by Gasteiger charge is -2.19. The van der Waals surface area contributed by atoms with Crippen molar-refractivity contribution in [2.24, 2.45) is 0 Å². The first-order chi connectivity index (χ1) is 17.3. The van der Waals surface area contributed by atoms with E-state index in [9.17, 15) is 13.7 Å². The van der Waals surface area contributed by atoms with Gasteiger partial charge in [-0.2, -0.15) is 0 Å². The Bertz CT molecular complexity index is 1520. The standard InChI is InChI=1S/C24H21F2N5O4S/c1-36(33,16-3-2-6-27-10-16)31-15-8-17(26)23-19(9-15)28-13-29-24(23)30-18-5-4-14(25)7-21(18)35-22-12-34-11-20(22)32/h2-10,13,20,22,32H,1,11-12H2,(H,31,33)(H,28,29,30). The molecule has 1 aliphatic heterocycles. The molecule has 186 valence electrons. The molecule has 1 saturated heterocycles. The van der Waals surface area contributed by atoms with E-state index in [4.69, 9.17) is 9.47 Å². The minimum absolute atomic E-state index is 0.0551. The Morgan fingerprint density at radius 3 is 2.78 bits per heavy atom. The quantitative estimate of drug-likeness (QED) is 0.322. The maximum Gasteiger partial charge on any atom is 0.150 e. The number of aliphatic hydroxyl groups excluding tert-OH is 1. The van der Waals surface area contributed by atoms with Crippen LogP contribution in [0.4, 0.5) is 26.0 Å². The summed E-state index contributed by atoms with van der Waals surface area (Å²) < 4.78 is 56.0. The van der Waals surface area contributed by atoms with Crippen LogP contribution < -0.4 is 14.8 Å². The monoisotopic (exact) mass is 513 g/mol. The number of hydrogen-bond donors (Lipinski definition) is 3. The summed E-state index contributed by atoms with van der Waals surface area (Å²) in [7, 11) is -3.00. The van der Waals surface area contributed by atoms with Gasteiger partial charge in [-0.05, 0) is 42.3 Å². The molecule has 1 aliphatic rings. The van der Waals surface area contributed by atoms with Crippen molar-refractivity contribution < 1.29 is 27.6 Å². The number of aliphatic hydroxyl groups is 1. The minimum atomic E-state index is -3.00. The maximum absolute atomic E-state index is 15.3. The van der Waals surface area contributed by atoms with Crippen molar-refractivity contribution >= 4 is 43.7 Å². The molecule has 36 heavy (non-hydrogen) atoms. The van der Waals surface area contributed by atoms with Gasteiger partial charge in [-0.1, -0.05) is 0 Å². The van der Waals surface area contributed by atoms with Crippen molar-refractivity contribution in [3.63, 3.8) is 0 Å². The van der Waals surface area contributed by atoms with Crippen LogP contribution in [-0.4, -0.2) is 55.6 Å². The van der Waals surface area contributed by atoms with Gasteiger partial charge in [0.1, 0.15) is 35.6 Å².